The van der Waals surface area contributed by atoms with E-state index in [2.05, 4.69) is 33.9 Å². The molecule has 0 aromatic carbocycles. The molecule has 5 heteroatoms. The van der Waals surface area contributed by atoms with Crippen molar-refractivity contribution in [1.29, 1.82) is 0 Å². The van der Waals surface area contributed by atoms with Crippen molar-refractivity contribution in [3.05, 3.63) is 0 Å². The number of carbonyl (C=O) groups is 1. The van der Waals surface area contributed by atoms with Gasteiger partial charge >= 0.3 is 5.97 Å². The lowest BCUT2D eigenvalue weighted by atomic mass is 10.2. The zero-order valence-electron chi connectivity index (χ0n) is 10.9. The molecule has 1 aliphatic rings. The minimum atomic E-state index is -1.90. The van der Waals surface area contributed by atoms with Crippen molar-refractivity contribution in [3.63, 3.8) is 0 Å². The van der Waals surface area contributed by atoms with Crippen LogP contribution in [0.2, 0.25) is 18.1 Å². The molecular weight excluding hydrogens is 222 g/mol. The van der Waals surface area contributed by atoms with E-state index in [1.54, 1.807) is 5.06 Å². The highest BCUT2D eigenvalue weighted by Gasteiger charge is 2.43. The highest BCUT2D eigenvalue weighted by Crippen LogP contribution is 2.38. The van der Waals surface area contributed by atoms with Crippen LogP contribution in [0.25, 0.3) is 0 Å². The van der Waals surface area contributed by atoms with Crippen LogP contribution in [-0.2, 0) is 9.32 Å². The third-order valence-electron chi connectivity index (χ3n) is 3.64. The Morgan fingerprint density at radius 2 is 2.00 bits per heavy atom. The Hall–Kier alpha value is -0.393. The predicted octanol–water partition coefficient (Wildman–Crippen LogP) is 2.47. The van der Waals surface area contributed by atoms with Crippen LogP contribution < -0.4 is 0 Å². The van der Waals surface area contributed by atoms with Gasteiger partial charge in [-0.1, -0.05) is 20.8 Å². The largest absolute Gasteiger partial charge is 0.480 e. The Morgan fingerprint density at radius 3 is 2.44 bits per heavy atom. The second kappa shape index (κ2) is 4.47. The summed E-state index contributed by atoms with van der Waals surface area (Å²) in [5, 5.41) is 10.9. The summed E-state index contributed by atoms with van der Waals surface area (Å²) in [4.78, 5) is 11.0. The zero-order chi connectivity index (χ0) is 12.6. The van der Waals surface area contributed by atoms with E-state index in [9.17, 15) is 4.79 Å². The van der Waals surface area contributed by atoms with Crippen molar-refractivity contribution in [2.45, 2.75) is 57.8 Å². The molecule has 0 spiro atoms. The van der Waals surface area contributed by atoms with Crippen LogP contribution in [0.15, 0.2) is 0 Å². The molecule has 0 aromatic rings. The van der Waals surface area contributed by atoms with E-state index in [-0.39, 0.29) is 5.04 Å². The molecule has 0 bridgehead atoms. The SMILES string of the molecule is CC(C)(C)[Si](C)(C)ON1CCCC1C(=O)O. The van der Waals surface area contributed by atoms with Gasteiger partial charge in [-0.2, -0.15) is 5.06 Å². The lowest BCUT2D eigenvalue weighted by molar-refractivity contribution is -0.157. The number of carboxylic acids is 1. The fourth-order valence-electron chi connectivity index (χ4n) is 1.53. The molecule has 0 amide bonds. The molecular formula is C11H23NO3Si. The van der Waals surface area contributed by atoms with Crippen molar-refractivity contribution < 1.29 is 14.4 Å². The van der Waals surface area contributed by atoms with E-state index in [1.807, 2.05) is 0 Å². The zero-order valence-corrected chi connectivity index (χ0v) is 11.9. The number of hydroxylamine groups is 2. The Labute approximate surface area is 98.7 Å². The molecule has 1 unspecified atom stereocenters. The summed E-state index contributed by atoms with van der Waals surface area (Å²) in [7, 11) is -1.90. The highest BCUT2D eigenvalue weighted by molar-refractivity contribution is 6.74. The van der Waals surface area contributed by atoms with Crippen LogP contribution in [0.4, 0.5) is 0 Å². The topological polar surface area (TPSA) is 49.8 Å². The summed E-state index contributed by atoms with van der Waals surface area (Å²) < 4.78 is 6.03. The van der Waals surface area contributed by atoms with Gasteiger partial charge in [0.25, 0.3) is 0 Å². The summed E-state index contributed by atoms with van der Waals surface area (Å²) >= 11 is 0. The molecule has 1 N–H and O–H groups in total. The number of aliphatic carboxylic acids is 1. The van der Waals surface area contributed by atoms with Gasteiger partial charge in [0.2, 0.25) is 8.32 Å². The van der Waals surface area contributed by atoms with Gasteiger partial charge < -0.3 is 9.63 Å². The normalized spacial score (nSPS) is 23.7. The van der Waals surface area contributed by atoms with Gasteiger partial charge in [0, 0.05) is 6.54 Å². The molecule has 1 heterocycles. The van der Waals surface area contributed by atoms with Crippen molar-refractivity contribution >= 4 is 14.3 Å². The lowest BCUT2D eigenvalue weighted by Gasteiger charge is -2.39. The first-order valence-corrected chi connectivity index (χ1v) is 8.74. The van der Waals surface area contributed by atoms with Crippen molar-refractivity contribution in [2.75, 3.05) is 6.54 Å². The maximum absolute atomic E-state index is 11.0. The van der Waals surface area contributed by atoms with Crippen LogP contribution in [-0.4, -0.2) is 37.0 Å². The molecule has 1 saturated heterocycles. The first-order valence-electron chi connectivity index (χ1n) is 5.84. The van der Waals surface area contributed by atoms with Gasteiger partial charge in [-0.3, -0.25) is 4.79 Å². The van der Waals surface area contributed by atoms with Crippen LogP contribution in [0.1, 0.15) is 33.6 Å². The number of hydrogen-bond acceptors (Lipinski definition) is 3. The van der Waals surface area contributed by atoms with Gasteiger partial charge in [0.15, 0.2) is 0 Å². The van der Waals surface area contributed by atoms with Crippen molar-refractivity contribution in [2.24, 2.45) is 0 Å². The van der Waals surface area contributed by atoms with E-state index in [0.717, 1.165) is 13.0 Å². The van der Waals surface area contributed by atoms with Gasteiger partial charge in [0.05, 0.1) is 0 Å². The van der Waals surface area contributed by atoms with Crippen LogP contribution in [0.3, 0.4) is 0 Å². The molecule has 94 valence electrons. The summed E-state index contributed by atoms with van der Waals surface area (Å²) in [6, 6.07) is -0.450. The third-order valence-corrected chi connectivity index (χ3v) is 7.94. The van der Waals surface area contributed by atoms with E-state index in [4.69, 9.17) is 9.63 Å². The van der Waals surface area contributed by atoms with Gasteiger partial charge in [-0.15, -0.1) is 0 Å². The summed E-state index contributed by atoms with van der Waals surface area (Å²) in [5.41, 5.74) is 0. The van der Waals surface area contributed by atoms with Gasteiger partial charge in [0.1, 0.15) is 6.04 Å². The number of nitrogens with zero attached hydrogens (tertiary/aromatic N) is 1. The molecule has 0 saturated carbocycles. The maximum Gasteiger partial charge on any atom is 0.323 e. The average molecular weight is 245 g/mol. The fourth-order valence-corrected chi connectivity index (χ4v) is 2.60. The molecule has 1 atom stereocenters. The van der Waals surface area contributed by atoms with Gasteiger partial charge in [-0.25, -0.2) is 0 Å². The molecule has 0 aromatic heterocycles. The number of carboxylic acid groups (broad SMARTS) is 1. The fraction of sp³-hybridized carbons (Fsp3) is 0.909. The van der Waals surface area contributed by atoms with E-state index in [0.29, 0.717) is 6.42 Å². The minimum Gasteiger partial charge on any atom is -0.480 e. The third kappa shape index (κ3) is 2.84. The Morgan fingerprint density at radius 1 is 1.44 bits per heavy atom. The smallest absolute Gasteiger partial charge is 0.323 e. The van der Waals surface area contributed by atoms with E-state index >= 15 is 0 Å². The maximum atomic E-state index is 11.0. The lowest BCUT2D eigenvalue weighted by Crippen LogP contribution is -2.49. The monoisotopic (exact) mass is 245 g/mol. The summed E-state index contributed by atoms with van der Waals surface area (Å²) in [6.45, 7) is 11.5. The van der Waals surface area contributed by atoms with Crippen LogP contribution in [0, 0.1) is 0 Å². The summed E-state index contributed by atoms with van der Waals surface area (Å²) in [5.74, 6) is -0.767. The van der Waals surface area contributed by atoms with Crippen molar-refractivity contribution in [1.82, 2.24) is 5.06 Å². The molecule has 1 rings (SSSR count). The molecule has 1 aliphatic heterocycles. The second-order valence-corrected chi connectivity index (χ2v) is 10.7. The first kappa shape index (κ1) is 13.7. The minimum absolute atomic E-state index is 0.110. The van der Waals surface area contributed by atoms with Gasteiger partial charge in [-0.05, 0) is 31.0 Å². The average Bonchev–Trinajstić information content (AvgIpc) is 2.49. The van der Waals surface area contributed by atoms with E-state index < -0.39 is 20.3 Å². The second-order valence-electron chi connectivity index (χ2n) is 5.99. The Balaban J connectivity index is 2.70. The number of hydrogen-bond donors (Lipinski definition) is 1. The molecule has 0 aliphatic carbocycles. The van der Waals surface area contributed by atoms with E-state index in [1.165, 1.54) is 0 Å². The summed E-state index contributed by atoms with van der Waals surface area (Å²) in [6.07, 6.45) is 1.61. The predicted molar refractivity (Wildman–Crippen MR) is 65.6 cm³/mol. The van der Waals surface area contributed by atoms with Crippen LogP contribution in [0.5, 0.6) is 0 Å². The Kier molecular flexibility index (Phi) is 3.82. The highest BCUT2D eigenvalue weighted by atomic mass is 28.4. The quantitative estimate of drug-likeness (QED) is 0.776. The molecule has 4 nitrogen and oxygen atoms in total. The van der Waals surface area contributed by atoms with Crippen LogP contribution >= 0.6 is 0 Å². The Bertz CT molecular complexity index is 273. The first-order chi connectivity index (χ1) is 7.15. The molecule has 0 radical (unpaired) electrons. The van der Waals surface area contributed by atoms with Crippen molar-refractivity contribution in [3.8, 4) is 0 Å². The number of rotatable bonds is 3. The molecule has 1 fully saturated rings. The molecule has 16 heavy (non-hydrogen) atoms. The standard InChI is InChI=1S/C11H23NO3Si/c1-11(2,3)16(4,5)15-12-8-6-7-9(12)10(13)14/h9H,6-8H2,1-5H3,(H,13,14).